The zero-order chi connectivity index (χ0) is 8.97. The maximum atomic E-state index is 5.30. The zero-order valence-corrected chi connectivity index (χ0v) is 9.22. The normalized spacial score (nSPS) is 10.3. The fourth-order valence-electron chi connectivity index (χ4n) is 0.556. The van der Waals surface area contributed by atoms with Crippen LogP contribution in [0.15, 0.2) is 22.9 Å². The third kappa shape index (κ3) is 3.42. The molecule has 0 spiro atoms. The van der Waals surface area contributed by atoms with Crippen LogP contribution in [0.3, 0.4) is 0 Å². The zero-order valence-electron chi connectivity index (χ0n) is 6.82. The van der Waals surface area contributed by atoms with Gasteiger partial charge in [-0.1, -0.05) is 0 Å². The van der Waals surface area contributed by atoms with E-state index in [-0.39, 0.29) is 0 Å². The third-order valence-electron chi connectivity index (χ3n) is 0.962. The minimum absolute atomic E-state index is 0.739. The van der Waals surface area contributed by atoms with Crippen molar-refractivity contribution in [1.82, 2.24) is 9.29 Å². The van der Waals surface area contributed by atoms with Crippen LogP contribution in [0, 0.1) is 0 Å². The minimum atomic E-state index is 0.739. The van der Waals surface area contributed by atoms with Gasteiger partial charge in [-0.3, -0.25) is 4.98 Å². The molecule has 0 saturated carbocycles. The first kappa shape index (κ1) is 9.83. The molecule has 0 aliphatic heterocycles. The quantitative estimate of drug-likeness (QED) is 0.606. The first-order valence-corrected chi connectivity index (χ1v) is 4.80. The van der Waals surface area contributed by atoms with Crippen molar-refractivity contribution in [2.24, 2.45) is 0 Å². The Bertz CT molecular complexity index is 257. The highest BCUT2D eigenvalue weighted by atomic mass is 79.9. The number of nitrogens with zero attached hydrogens (tertiary/aromatic N) is 2. The van der Waals surface area contributed by atoms with Crippen molar-refractivity contribution in [3.8, 4) is 5.75 Å². The minimum Gasteiger partial charge on any atom is -0.408 e. The fourth-order valence-corrected chi connectivity index (χ4v) is 1.23. The summed E-state index contributed by atoms with van der Waals surface area (Å²) in [6.45, 7) is 0. The first-order chi connectivity index (χ1) is 5.68. The van der Waals surface area contributed by atoms with E-state index in [0.717, 1.165) is 10.2 Å². The molecule has 0 amide bonds. The van der Waals surface area contributed by atoms with Crippen LogP contribution in [-0.4, -0.2) is 23.4 Å². The second-order valence-electron chi connectivity index (χ2n) is 2.31. The molecular weight excluding hydrogens is 240 g/mol. The predicted molar refractivity (Wildman–Crippen MR) is 53.8 cm³/mol. The van der Waals surface area contributed by atoms with Gasteiger partial charge in [0.2, 0.25) is 0 Å². The second kappa shape index (κ2) is 4.69. The monoisotopic (exact) mass is 248 g/mol. The van der Waals surface area contributed by atoms with Crippen LogP contribution in [0.1, 0.15) is 0 Å². The van der Waals surface area contributed by atoms with E-state index in [2.05, 4.69) is 20.9 Å². The Morgan fingerprint density at radius 1 is 1.50 bits per heavy atom. The largest absolute Gasteiger partial charge is 0.408 e. The molecule has 0 radical (unpaired) electrons. The summed E-state index contributed by atoms with van der Waals surface area (Å²) in [5.74, 6) is 0.739. The molecule has 5 heteroatoms. The van der Waals surface area contributed by atoms with Crippen molar-refractivity contribution in [3.05, 3.63) is 22.9 Å². The van der Waals surface area contributed by atoms with Crippen LogP contribution >= 0.6 is 28.2 Å². The smallest absolute Gasteiger partial charge is 0.158 e. The van der Waals surface area contributed by atoms with Crippen LogP contribution in [0.2, 0.25) is 0 Å². The molecule has 0 aromatic carbocycles. The van der Waals surface area contributed by atoms with Gasteiger partial charge in [0, 0.05) is 24.8 Å². The maximum absolute atomic E-state index is 5.30. The van der Waals surface area contributed by atoms with Gasteiger partial charge in [-0.15, -0.1) is 0 Å². The van der Waals surface area contributed by atoms with Crippen molar-refractivity contribution < 1.29 is 4.18 Å². The van der Waals surface area contributed by atoms with Crippen LogP contribution in [-0.2, 0) is 0 Å². The van der Waals surface area contributed by atoms with Gasteiger partial charge < -0.3 is 4.18 Å². The van der Waals surface area contributed by atoms with Crippen LogP contribution in [0.4, 0.5) is 0 Å². The summed E-state index contributed by atoms with van der Waals surface area (Å²) in [5, 5.41) is 0. The highest BCUT2D eigenvalue weighted by Crippen LogP contribution is 2.19. The number of rotatable bonds is 3. The molecule has 12 heavy (non-hydrogen) atoms. The van der Waals surface area contributed by atoms with Crippen molar-refractivity contribution in [1.29, 1.82) is 0 Å². The lowest BCUT2D eigenvalue weighted by Crippen LogP contribution is -2.02. The average Bonchev–Trinajstić information content (AvgIpc) is 2.01. The highest BCUT2D eigenvalue weighted by Gasteiger charge is 1.97. The van der Waals surface area contributed by atoms with E-state index in [1.165, 1.54) is 12.2 Å². The molecule has 0 bridgehead atoms. The molecule has 1 aromatic heterocycles. The van der Waals surface area contributed by atoms with Gasteiger partial charge in [0.05, 0.1) is 6.20 Å². The summed E-state index contributed by atoms with van der Waals surface area (Å²) in [5.41, 5.74) is 0. The molecular formula is C7H9BrN2OS. The van der Waals surface area contributed by atoms with Crippen molar-refractivity contribution >= 4 is 28.2 Å². The molecule has 1 aromatic rings. The average molecular weight is 249 g/mol. The molecule has 0 N–H and O–H groups in total. The summed E-state index contributed by atoms with van der Waals surface area (Å²) in [6, 6.07) is 1.86. The fraction of sp³-hybridized carbons (Fsp3) is 0.286. The van der Waals surface area contributed by atoms with Crippen molar-refractivity contribution in [2.75, 3.05) is 14.1 Å². The summed E-state index contributed by atoms with van der Waals surface area (Å²) in [4.78, 5) is 3.96. The molecule has 66 valence electrons. The van der Waals surface area contributed by atoms with Crippen LogP contribution < -0.4 is 4.18 Å². The first-order valence-electron chi connectivity index (χ1n) is 3.31. The standard InChI is InChI=1S/C7H9BrN2OS/c1-10(2)12-11-7-3-6(8)4-9-5-7/h3-5H,1-2H3. The van der Waals surface area contributed by atoms with Gasteiger partial charge in [-0.05, 0) is 22.0 Å². The third-order valence-corrected chi connectivity index (χ3v) is 1.96. The molecule has 0 fully saturated rings. The lowest BCUT2D eigenvalue weighted by molar-refractivity contribution is 0.573. The van der Waals surface area contributed by atoms with Gasteiger partial charge in [-0.2, -0.15) is 0 Å². The van der Waals surface area contributed by atoms with Gasteiger partial charge in [0.15, 0.2) is 5.75 Å². The SMILES string of the molecule is CN(C)SOc1cncc(Br)c1. The lowest BCUT2D eigenvalue weighted by atomic mass is 10.5. The van der Waals surface area contributed by atoms with E-state index in [1.807, 2.05) is 24.5 Å². The molecule has 0 aliphatic rings. The Balaban J connectivity index is 2.52. The molecule has 1 heterocycles. The number of hydrogen-bond acceptors (Lipinski definition) is 4. The van der Waals surface area contributed by atoms with Crippen molar-refractivity contribution in [2.45, 2.75) is 0 Å². The van der Waals surface area contributed by atoms with E-state index in [1.54, 1.807) is 12.4 Å². The molecule has 0 aliphatic carbocycles. The van der Waals surface area contributed by atoms with Gasteiger partial charge in [0.25, 0.3) is 0 Å². The highest BCUT2D eigenvalue weighted by molar-refractivity contribution is 9.10. The van der Waals surface area contributed by atoms with Gasteiger partial charge in [-0.25, -0.2) is 4.31 Å². The Labute approximate surface area is 84.6 Å². The molecule has 0 unspecified atom stereocenters. The topological polar surface area (TPSA) is 25.4 Å². The van der Waals surface area contributed by atoms with E-state index >= 15 is 0 Å². The number of halogens is 1. The van der Waals surface area contributed by atoms with E-state index in [9.17, 15) is 0 Å². The molecule has 1 rings (SSSR count). The van der Waals surface area contributed by atoms with E-state index in [4.69, 9.17) is 4.18 Å². The Morgan fingerprint density at radius 3 is 2.83 bits per heavy atom. The Kier molecular flexibility index (Phi) is 3.84. The Morgan fingerprint density at radius 2 is 2.25 bits per heavy atom. The number of aromatic nitrogens is 1. The van der Waals surface area contributed by atoms with Crippen LogP contribution in [0.5, 0.6) is 5.75 Å². The summed E-state index contributed by atoms with van der Waals surface area (Å²) >= 11 is 4.57. The summed E-state index contributed by atoms with van der Waals surface area (Å²) in [7, 11) is 3.83. The molecule has 0 atom stereocenters. The van der Waals surface area contributed by atoms with Gasteiger partial charge in [0.1, 0.15) is 12.2 Å². The number of hydrogen-bond donors (Lipinski definition) is 0. The van der Waals surface area contributed by atoms with Gasteiger partial charge >= 0.3 is 0 Å². The summed E-state index contributed by atoms with van der Waals surface area (Å²) < 4.78 is 8.08. The molecule has 0 saturated heterocycles. The molecule has 3 nitrogen and oxygen atoms in total. The second-order valence-corrected chi connectivity index (χ2v) is 4.27. The van der Waals surface area contributed by atoms with E-state index < -0.39 is 0 Å². The maximum Gasteiger partial charge on any atom is 0.158 e. The van der Waals surface area contributed by atoms with E-state index in [0.29, 0.717) is 0 Å². The summed E-state index contributed by atoms with van der Waals surface area (Å²) in [6.07, 6.45) is 3.38. The predicted octanol–water partition coefficient (Wildman–Crippen LogP) is 2.35. The lowest BCUT2D eigenvalue weighted by Gasteiger charge is -2.07. The number of pyridine rings is 1. The van der Waals surface area contributed by atoms with Crippen LogP contribution in [0.25, 0.3) is 0 Å². The van der Waals surface area contributed by atoms with Crippen molar-refractivity contribution in [3.63, 3.8) is 0 Å². The Hall–Kier alpha value is -0.260.